The second-order valence-electron chi connectivity index (χ2n) is 10.4. The van der Waals surface area contributed by atoms with Gasteiger partial charge in [0.25, 0.3) is 0 Å². The standard InChI is InChI=1S/C25H37N9O3/c26-8-5-17-6-9-34(10-7-17)25-29-20-15-27-31-24(37)22(20)23(30-25)28-18-1-3-19(4-2-18)33-13-11-32(12-14-33)16-21(35)36/h1-4,17,20,22-23,25,27-30H,5-7,9-16H2,(H,31,37)(H,35,36). The first-order valence-electron chi connectivity index (χ1n) is 13.2. The molecule has 4 aliphatic rings. The van der Waals surface area contributed by atoms with Crippen LogP contribution in [0.25, 0.3) is 0 Å². The third kappa shape index (κ3) is 6.14. The molecule has 200 valence electrons. The van der Waals surface area contributed by atoms with E-state index in [1.165, 1.54) is 0 Å². The third-order valence-electron chi connectivity index (χ3n) is 8.02. The molecule has 6 N–H and O–H groups in total. The van der Waals surface area contributed by atoms with Crippen LogP contribution in [0.4, 0.5) is 11.4 Å². The maximum absolute atomic E-state index is 12.8. The number of fused-ring (bicyclic) bond motifs is 1. The van der Waals surface area contributed by atoms with Crippen LogP contribution in [0.3, 0.4) is 0 Å². The van der Waals surface area contributed by atoms with Crippen molar-refractivity contribution in [2.45, 2.75) is 37.8 Å². The first kappa shape index (κ1) is 25.7. The summed E-state index contributed by atoms with van der Waals surface area (Å²) < 4.78 is 0. The molecule has 5 rings (SSSR count). The quantitative estimate of drug-likeness (QED) is 0.277. The zero-order chi connectivity index (χ0) is 25.8. The van der Waals surface area contributed by atoms with Gasteiger partial charge in [-0.3, -0.25) is 35.4 Å². The van der Waals surface area contributed by atoms with Gasteiger partial charge in [-0.15, -0.1) is 0 Å². The van der Waals surface area contributed by atoms with Gasteiger partial charge >= 0.3 is 5.97 Å². The number of carboxylic acids is 1. The topological polar surface area (TPSA) is 148 Å². The molecule has 4 atom stereocenters. The number of hydrogen-bond donors (Lipinski definition) is 6. The van der Waals surface area contributed by atoms with Gasteiger partial charge in [0.05, 0.1) is 24.7 Å². The third-order valence-corrected chi connectivity index (χ3v) is 8.02. The summed E-state index contributed by atoms with van der Waals surface area (Å²) in [5.41, 5.74) is 7.83. The summed E-state index contributed by atoms with van der Waals surface area (Å²) >= 11 is 0. The summed E-state index contributed by atoms with van der Waals surface area (Å²) in [5.74, 6) is -0.649. The van der Waals surface area contributed by atoms with E-state index in [-0.39, 0.29) is 36.9 Å². The van der Waals surface area contributed by atoms with Gasteiger partial charge in [0.2, 0.25) is 5.91 Å². The molecule has 0 spiro atoms. The van der Waals surface area contributed by atoms with E-state index >= 15 is 0 Å². The molecule has 1 aromatic carbocycles. The SMILES string of the molecule is N#CCC1CCN(C2NC3CNNC(=O)C3C(Nc3ccc(N4CCN(CC(=O)O)CC4)cc3)N2)CC1. The van der Waals surface area contributed by atoms with E-state index in [0.29, 0.717) is 18.9 Å². The van der Waals surface area contributed by atoms with E-state index in [1.54, 1.807) is 0 Å². The Morgan fingerprint density at radius 2 is 1.81 bits per heavy atom. The normalized spacial score (nSPS) is 29.7. The van der Waals surface area contributed by atoms with Gasteiger partial charge in [-0.2, -0.15) is 5.26 Å². The highest BCUT2D eigenvalue weighted by Gasteiger charge is 2.45. The lowest BCUT2D eigenvalue weighted by Crippen LogP contribution is -2.77. The molecule has 4 fully saturated rings. The van der Waals surface area contributed by atoms with Crippen molar-refractivity contribution in [1.29, 1.82) is 5.26 Å². The number of rotatable bonds is 7. The zero-order valence-corrected chi connectivity index (χ0v) is 21.0. The lowest BCUT2D eigenvalue weighted by molar-refractivity contribution is -0.138. The molecule has 0 aromatic heterocycles. The van der Waals surface area contributed by atoms with Crippen LogP contribution in [0, 0.1) is 23.2 Å². The number of piperidine rings is 1. The van der Waals surface area contributed by atoms with Crippen LogP contribution < -0.4 is 31.7 Å². The smallest absolute Gasteiger partial charge is 0.317 e. The van der Waals surface area contributed by atoms with Crippen molar-refractivity contribution < 1.29 is 14.7 Å². The van der Waals surface area contributed by atoms with Gasteiger partial charge in [0.15, 0.2) is 0 Å². The van der Waals surface area contributed by atoms with E-state index in [9.17, 15) is 9.59 Å². The van der Waals surface area contributed by atoms with Gasteiger partial charge < -0.3 is 15.3 Å². The fourth-order valence-corrected chi connectivity index (χ4v) is 5.90. The van der Waals surface area contributed by atoms with Crippen LogP contribution in [0.2, 0.25) is 0 Å². The molecule has 0 bridgehead atoms. The molecular weight excluding hydrogens is 474 g/mol. The molecule has 1 aromatic rings. The van der Waals surface area contributed by atoms with Crippen molar-refractivity contribution in [2.24, 2.45) is 11.8 Å². The average molecular weight is 512 g/mol. The number of carbonyl (C=O) groups excluding carboxylic acids is 1. The number of hydrogen-bond acceptors (Lipinski definition) is 10. The number of benzene rings is 1. The van der Waals surface area contributed by atoms with Crippen molar-refractivity contribution in [3.63, 3.8) is 0 Å². The predicted molar refractivity (Wildman–Crippen MR) is 138 cm³/mol. The second-order valence-corrected chi connectivity index (χ2v) is 10.4. The van der Waals surface area contributed by atoms with E-state index in [1.807, 2.05) is 17.0 Å². The molecule has 37 heavy (non-hydrogen) atoms. The van der Waals surface area contributed by atoms with Gasteiger partial charge in [-0.05, 0) is 43.0 Å². The molecule has 0 radical (unpaired) electrons. The van der Waals surface area contributed by atoms with Crippen LogP contribution >= 0.6 is 0 Å². The lowest BCUT2D eigenvalue weighted by atomic mass is 9.90. The Morgan fingerprint density at radius 3 is 2.49 bits per heavy atom. The molecule has 12 nitrogen and oxygen atoms in total. The van der Waals surface area contributed by atoms with Crippen molar-refractivity contribution in [1.82, 2.24) is 31.3 Å². The number of aliphatic carboxylic acids is 1. The van der Waals surface area contributed by atoms with Gasteiger partial charge in [0.1, 0.15) is 6.29 Å². The van der Waals surface area contributed by atoms with E-state index < -0.39 is 5.97 Å². The molecule has 4 saturated heterocycles. The highest BCUT2D eigenvalue weighted by Crippen LogP contribution is 2.26. The number of carbonyl (C=O) groups is 2. The number of nitriles is 1. The van der Waals surface area contributed by atoms with E-state index in [2.05, 4.69) is 54.8 Å². The van der Waals surface area contributed by atoms with Crippen molar-refractivity contribution in [3.05, 3.63) is 24.3 Å². The summed E-state index contributed by atoms with van der Waals surface area (Å²) in [6.45, 7) is 5.59. The first-order chi connectivity index (χ1) is 18.0. The molecule has 4 aliphatic heterocycles. The van der Waals surface area contributed by atoms with Crippen LogP contribution in [0.15, 0.2) is 24.3 Å². The zero-order valence-electron chi connectivity index (χ0n) is 21.0. The number of nitrogens with one attached hydrogen (secondary N) is 5. The molecular formula is C25H37N9O3. The van der Waals surface area contributed by atoms with Crippen LogP contribution in [-0.2, 0) is 9.59 Å². The monoisotopic (exact) mass is 511 g/mol. The molecule has 4 unspecified atom stereocenters. The minimum atomic E-state index is -0.786. The maximum Gasteiger partial charge on any atom is 0.317 e. The number of likely N-dealkylation sites (tertiary alicyclic amines) is 1. The average Bonchev–Trinajstić information content (AvgIpc) is 2.90. The Kier molecular flexibility index (Phi) is 8.07. The van der Waals surface area contributed by atoms with E-state index in [4.69, 9.17) is 10.4 Å². The van der Waals surface area contributed by atoms with Gasteiger partial charge in [0, 0.05) is 69.7 Å². The van der Waals surface area contributed by atoms with Gasteiger partial charge in [-0.25, -0.2) is 5.43 Å². The summed E-state index contributed by atoms with van der Waals surface area (Å²) in [6.07, 6.45) is 2.32. The highest BCUT2D eigenvalue weighted by atomic mass is 16.4. The summed E-state index contributed by atoms with van der Waals surface area (Å²) in [7, 11) is 0. The molecule has 12 heteroatoms. The Labute approximate surface area is 217 Å². The number of piperazine rings is 1. The molecule has 1 amide bonds. The highest BCUT2D eigenvalue weighted by molar-refractivity contribution is 5.81. The van der Waals surface area contributed by atoms with Crippen molar-refractivity contribution in [2.75, 3.05) is 62.6 Å². The summed E-state index contributed by atoms with van der Waals surface area (Å²) in [5, 5.41) is 28.9. The largest absolute Gasteiger partial charge is 0.480 e. The fourth-order valence-electron chi connectivity index (χ4n) is 5.90. The van der Waals surface area contributed by atoms with Crippen molar-refractivity contribution in [3.8, 4) is 6.07 Å². The van der Waals surface area contributed by atoms with Crippen LogP contribution in [0.1, 0.15) is 19.3 Å². The maximum atomic E-state index is 12.8. The van der Waals surface area contributed by atoms with Crippen LogP contribution in [-0.4, -0.2) is 97.6 Å². The number of anilines is 2. The Morgan fingerprint density at radius 1 is 1.08 bits per heavy atom. The number of hydrazine groups is 1. The Bertz CT molecular complexity index is 984. The minimum Gasteiger partial charge on any atom is -0.480 e. The fraction of sp³-hybridized carbons (Fsp3) is 0.640. The molecule has 0 saturated carbocycles. The summed E-state index contributed by atoms with van der Waals surface area (Å²) in [6, 6.07) is 10.5. The Hall–Kier alpha value is -2.95. The second kappa shape index (κ2) is 11.6. The Balaban J connectivity index is 1.22. The number of nitrogens with zero attached hydrogens (tertiary/aromatic N) is 4. The van der Waals surface area contributed by atoms with Gasteiger partial charge in [-0.1, -0.05) is 0 Å². The minimum absolute atomic E-state index is 0.0179. The van der Waals surface area contributed by atoms with Crippen LogP contribution in [0.5, 0.6) is 0 Å². The first-order valence-corrected chi connectivity index (χ1v) is 13.2. The summed E-state index contributed by atoms with van der Waals surface area (Å²) in [4.78, 5) is 30.4. The number of amides is 1. The molecule has 0 aliphatic carbocycles. The number of carboxylic acid groups (broad SMARTS) is 1. The van der Waals surface area contributed by atoms with E-state index in [0.717, 1.165) is 63.5 Å². The molecule has 4 heterocycles. The van der Waals surface area contributed by atoms with Crippen molar-refractivity contribution >= 4 is 23.3 Å². The predicted octanol–water partition coefficient (Wildman–Crippen LogP) is -0.648. The lowest BCUT2D eigenvalue weighted by Gasteiger charge is -2.49.